The Morgan fingerprint density at radius 3 is 2.38 bits per heavy atom. The van der Waals surface area contributed by atoms with E-state index in [1.54, 1.807) is 6.92 Å². The highest BCUT2D eigenvalue weighted by Crippen LogP contribution is 2.00. The number of carbonyl (C=O) groups excluding carboxylic acids is 1. The molecule has 0 aliphatic rings. The van der Waals surface area contributed by atoms with Crippen LogP contribution < -0.4 is 0 Å². The molecule has 0 spiro atoms. The van der Waals surface area contributed by atoms with Gasteiger partial charge in [-0.3, -0.25) is 0 Å². The Morgan fingerprint density at radius 1 is 1.46 bits per heavy atom. The number of esters is 1. The Bertz CT molecular complexity index is 301. The molecule has 0 amide bonds. The summed E-state index contributed by atoms with van der Waals surface area (Å²) in [6, 6.07) is 0. The molecule has 0 fully saturated rings. The minimum absolute atomic E-state index is 0.0130. The minimum atomic E-state index is -3.56. The summed E-state index contributed by atoms with van der Waals surface area (Å²) in [5.41, 5.74) is 0. The summed E-state index contributed by atoms with van der Waals surface area (Å²) in [4.78, 5) is 10.8. The molecule has 76 valence electrons. The highest BCUT2D eigenvalue weighted by atomic mass is 32.2. The molecule has 13 heavy (non-hydrogen) atoms. The van der Waals surface area contributed by atoms with Gasteiger partial charge in [-0.25, -0.2) is 4.79 Å². The van der Waals surface area contributed by atoms with Crippen LogP contribution in [0.2, 0.25) is 0 Å². The van der Waals surface area contributed by atoms with Crippen molar-refractivity contribution in [3.8, 4) is 0 Å². The Hall–Kier alpha value is -1.04. The molecule has 0 heterocycles. The standard InChI is InChI=1S/C7H12O5S/c1-4-11-7(8)5-6(2)12-13(3,9)10/h5H,4H2,1-3H3/b6-5+. The van der Waals surface area contributed by atoms with Gasteiger partial charge in [0.2, 0.25) is 0 Å². The molecule has 0 aromatic heterocycles. The van der Waals surface area contributed by atoms with Crippen LogP contribution in [0.1, 0.15) is 13.8 Å². The molecule has 0 saturated carbocycles. The molecule has 5 nitrogen and oxygen atoms in total. The zero-order valence-electron chi connectivity index (χ0n) is 7.73. The maximum atomic E-state index is 10.8. The van der Waals surface area contributed by atoms with Crippen LogP contribution >= 0.6 is 0 Å². The summed E-state index contributed by atoms with van der Waals surface area (Å²) in [5.74, 6) is -0.635. The molecule has 0 aromatic rings. The maximum Gasteiger partial charge on any atom is 0.334 e. The first-order valence-corrected chi connectivity index (χ1v) is 5.41. The van der Waals surface area contributed by atoms with Gasteiger partial charge in [0.05, 0.1) is 18.9 Å². The van der Waals surface area contributed by atoms with Crippen molar-refractivity contribution in [2.45, 2.75) is 13.8 Å². The largest absolute Gasteiger partial charge is 0.463 e. The van der Waals surface area contributed by atoms with Crippen molar-refractivity contribution in [2.75, 3.05) is 12.9 Å². The number of carbonyl (C=O) groups is 1. The quantitative estimate of drug-likeness (QED) is 0.290. The van der Waals surface area contributed by atoms with E-state index in [-0.39, 0.29) is 12.4 Å². The molecule has 0 aliphatic heterocycles. The average Bonchev–Trinajstić information content (AvgIpc) is 1.81. The first kappa shape index (κ1) is 12.0. The zero-order valence-corrected chi connectivity index (χ0v) is 8.55. The van der Waals surface area contributed by atoms with E-state index in [4.69, 9.17) is 0 Å². The number of hydrogen-bond donors (Lipinski definition) is 0. The molecular weight excluding hydrogens is 196 g/mol. The lowest BCUT2D eigenvalue weighted by Crippen LogP contribution is -2.05. The third kappa shape index (κ3) is 7.32. The van der Waals surface area contributed by atoms with E-state index in [9.17, 15) is 13.2 Å². The normalized spacial score (nSPS) is 12.4. The van der Waals surface area contributed by atoms with Crippen LogP contribution in [0, 0.1) is 0 Å². The van der Waals surface area contributed by atoms with Gasteiger partial charge in [-0.15, -0.1) is 0 Å². The van der Waals surface area contributed by atoms with Gasteiger partial charge in [-0.2, -0.15) is 8.42 Å². The average molecular weight is 208 g/mol. The summed E-state index contributed by atoms with van der Waals surface area (Å²) < 4.78 is 30.1. The van der Waals surface area contributed by atoms with Crippen molar-refractivity contribution in [1.82, 2.24) is 0 Å². The number of hydrogen-bond acceptors (Lipinski definition) is 5. The Morgan fingerprint density at radius 2 is 2.00 bits per heavy atom. The Labute approximate surface area is 77.5 Å². The van der Waals surface area contributed by atoms with Crippen LogP contribution in [0.5, 0.6) is 0 Å². The van der Waals surface area contributed by atoms with Crippen molar-refractivity contribution in [3.63, 3.8) is 0 Å². The van der Waals surface area contributed by atoms with Gasteiger partial charge in [0.15, 0.2) is 0 Å². The van der Waals surface area contributed by atoms with E-state index >= 15 is 0 Å². The van der Waals surface area contributed by atoms with Gasteiger partial charge in [0, 0.05) is 0 Å². The lowest BCUT2D eigenvalue weighted by atomic mass is 10.5. The Balaban J connectivity index is 4.26. The Kier molecular flexibility index (Phi) is 4.47. The van der Waals surface area contributed by atoms with Crippen LogP contribution in [-0.4, -0.2) is 27.2 Å². The molecule has 0 unspecified atom stereocenters. The number of allylic oxidation sites excluding steroid dienone is 1. The van der Waals surface area contributed by atoms with Crippen molar-refractivity contribution < 1.29 is 22.1 Å². The van der Waals surface area contributed by atoms with Gasteiger partial charge in [-0.1, -0.05) is 0 Å². The second kappa shape index (κ2) is 4.86. The van der Waals surface area contributed by atoms with Crippen LogP contribution in [0.4, 0.5) is 0 Å². The molecular formula is C7H12O5S. The first-order valence-electron chi connectivity index (χ1n) is 3.59. The highest BCUT2D eigenvalue weighted by molar-refractivity contribution is 7.86. The predicted molar refractivity (Wildman–Crippen MR) is 46.3 cm³/mol. The highest BCUT2D eigenvalue weighted by Gasteiger charge is 2.05. The van der Waals surface area contributed by atoms with Gasteiger partial charge < -0.3 is 8.92 Å². The fourth-order valence-corrected chi connectivity index (χ4v) is 1.14. The van der Waals surface area contributed by atoms with Crippen molar-refractivity contribution in [1.29, 1.82) is 0 Å². The number of rotatable bonds is 4. The summed E-state index contributed by atoms with van der Waals surface area (Å²) in [6.45, 7) is 3.25. The first-order chi connectivity index (χ1) is 5.85. The fraction of sp³-hybridized carbons (Fsp3) is 0.571. The molecule has 0 aromatic carbocycles. The van der Waals surface area contributed by atoms with E-state index in [0.29, 0.717) is 0 Å². The van der Waals surface area contributed by atoms with Gasteiger partial charge in [-0.05, 0) is 13.8 Å². The maximum absolute atomic E-state index is 10.8. The fourth-order valence-electron chi connectivity index (χ4n) is 0.613. The second-order valence-electron chi connectivity index (χ2n) is 2.29. The van der Waals surface area contributed by atoms with E-state index in [0.717, 1.165) is 12.3 Å². The monoisotopic (exact) mass is 208 g/mol. The molecule has 6 heteroatoms. The van der Waals surface area contributed by atoms with Crippen molar-refractivity contribution in [2.24, 2.45) is 0 Å². The van der Waals surface area contributed by atoms with Crippen LogP contribution in [-0.2, 0) is 23.8 Å². The molecule has 0 rings (SSSR count). The van der Waals surface area contributed by atoms with Gasteiger partial charge >= 0.3 is 16.1 Å². The van der Waals surface area contributed by atoms with Crippen LogP contribution in [0.3, 0.4) is 0 Å². The smallest absolute Gasteiger partial charge is 0.334 e. The van der Waals surface area contributed by atoms with E-state index in [2.05, 4.69) is 8.92 Å². The lowest BCUT2D eigenvalue weighted by molar-refractivity contribution is -0.137. The number of ether oxygens (including phenoxy) is 1. The second-order valence-corrected chi connectivity index (χ2v) is 3.87. The van der Waals surface area contributed by atoms with Crippen LogP contribution in [0.15, 0.2) is 11.8 Å². The molecule has 0 bridgehead atoms. The van der Waals surface area contributed by atoms with Crippen molar-refractivity contribution >= 4 is 16.1 Å². The third-order valence-electron chi connectivity index (χ3n) is 0.891. The molecule has 0 aliphatic carbocycles. The SMILES string of the molecule is CCOC(=O)/C=C(\C)OS(C)(=O)=O. The predicted octanol–water partition coefficient (Wildman–Crippen LogP) is 0.429. The van der Waals surface area contributed by atoms with E-state index in [1.165, 1.54) is 6.92 Å². The van der Waals surface area contributed by atoms with Crippen LogP contribution in [0.25, 0.3) is 0 Å². The topological polar surface area (TPSA) is 69.7 Å². The summed E-state index contributed by atoms with van der Waals surface area (Å²) in [6.07, 6.45) is 1.88. The minimum Gasteiger partial charge on any atom is -0.463 e. The molecule has 0 saturated heterocycles. The van der Waals surface area contributed by atoms with Gasteiger partial charge in [0.25, 0.3) is 0 Å². The summed E-state index contributed by atoms with van der Waals surface area (Å²) >= 11 is 0. The van der Waals surface area contributed by atoms with E-state index < -0.39 is 16.1 Å². The summed E-state index contributed by atoms with van der Waals surface area (Å²) in [7, 11) is -3.56. The van der Waals surface area contributed by atoms with Crippen molar-refractivity contribution in [3.05, 3.63) is 11.8 Å². The summed E-state index contributed by atoms with van der Waals surface area (Å²) in [5, 5.41) is 0. The zero-order chi connectivity index (χ0) is 10.5. The third-order valence-corrected chi connectivity index (χ3v) is 1.46. The molecule has 0 atom stereocenters. The molecule has 0 radical (unpaired) electrons. The van der Waals surface area contributed by atoms with Gasteiger partial charge in [0.1, 0.15) is 5.76 Å². The van der Waals surface area contributed by atoms with E-state index in [1.807, 2.05) is 0 Å². The lowest BCUT2D eigenvalue weighted by Gasteiger charge is -2.01. The molecule has 0 N–H and O–H groups in total.